The van der Waals surface area contributed by atoms with E-state index in [0.29, 0.717) is 23.5 Å². The summed E-state index contributed by atoms with van der Waals surface area (Å²) in [4.78, 5) is 2.08. The standard InChI is InChI=1S/C24H31N5O2/c1-16(13-19-14-18(24(26)27)3-8-23(19)30)15-28-20-4-6-21(7-5-20)31-22-9-11-29(12-10-22)17(2)25/h3-8,13-14,22,25,28,30H,9-12,15H2,1-2H3,(H3,26,27). The zero-order chi connectivity index (χ0) is 22.4. The number of ether oxygens (including phenoxy) is 1. The molecule has 0 radical (unpaired) electrons. The van der Waals surface area contributed by atoms with Gasteiger partial charge in [0.05, 0.1) is 5.84 Å². The number of phenolic OH excluding ortho intramolecular Hbond substituents is 1. The van der Waals surface area contributed by atoms with Crippen LogP contribution in [0.25, 0.3) is 6.08 Å². The maximum atomic E-state index is 10.1. The van der Waals surface area contributed by atoms with Crippen LogP contribution in [0.4, 0.5) is 5.69 Å². The normalized spacial score (nSPS) is 14.9. The molecule has 7 heteroatoms. The summed E-state index contributed by atoms with van der Waals surface area (Å²) in [7, 11) is 0. The Morgan fingerprint density at radius 2 is 1.84 bits per heavy atom. The predicted octanol–water partition coefficient (Wildman–Crippen LogP) is 4.03. The fourth-order valence-electron chi connectivity index (χ4n) is 3.55. The molecule has 1 fully saturated rings. The van der Waals surface area contributed by atoms with Gasteiger partial charge in [-0.05, 0) is 56.3 Å². The molecule has 0 atom stereocenters. The number of benzene rings is 2. The summed E-state index contributed by atoms with van der Waals surface area (Å²) in [6.07, 6.45) is 3.93. The second kappa shape index (κ2) is 10.0. The second-order valence-electron chi connectivity index (χ2n) is 7.95. The molecule has 1 saturated heterocycles. The molecule has 6 N–H and O–H groups in total. The van der Waals surface area contributed by atoms with Crippen LogP contribution in [0.5, 0.6) is 11.5 Å². The van der Waals surface area contributed by atoms with E-state index in [2.05, 4.69) is 10.2 Å². The molecule has 31 heavy (non-hydrogen) atoms. The van der Waals surface area contributed by atoms with E-state index in [-0.39, 0.29) is 17.7 Å². The average molecular weight is 422 g/mol. The fourth-order valence-corrected chi connectivity index (χ4v) is 3.55. The largest absolute Gasteiger partial charge is 0.507 e. The number of hydrogen-bond donors (Lipinski definition) is 5. The molecule has 2 aromatic carbocycles. The van der Waals surface area contributed by atoms with Gasteiger partial charge in [-0.2, -0.15) is 0 Å². The SMILES string of the molecule is CC(=N)N1CCC(Oc2ccc(NCC(C)=Cc3cc(C(=N)N)ccc3O)cc2)CC1. The highest BCUT2D eigenvalue weighted by Gasteiger charge is 2.20. The Hall–Kier alpha value is -3.48. The Morgan fingerprint density at radius 3 is 2.45 bits per heavy atom. The molecule has 0 amide bonds. The second-order valence-corrected chi connectivity index (χ2v) is 7.95. The topological polar surface area (TPSA) is 118 Å². The Kier molecular flexibility index (Phi) is 7.18. The van der Waals surface area contributed by atoms with Gasteiger partial charge in [-0.25, -0.2) is 0 Å². The molecule has 164 valence electrons. The van der Waals surface area contributed by atoms with Crippen molar-refractivity contribution in [3.8, 4) is 11.5 Å². The molecule has 0 aliphatic carbocycles. The van der Waals surface area contributed by atoms with Crippen LogP contribution >= 0.6 is 0 Å². The first kappa shape index (κ1) is 22.2. The van der Waals surface area contributed by atoms with Gasteiger partial charge in [0.1, 0.15) is 23.4 Å². The van der Waals surface area contributed by atoms with Crippen molar-refractivity contribution < 1.29 is 9.84 Å². The number of hydrogen-bond acceptors (Lipinski definition) is 5. The summed E-state index contributed by atoms with van der Waals surface area (Å²) < 4.78 is 6.10. The minimum Gasteiger partial charge on any atom is -0.507 e. The van der Waals surface area contributed by atoms with E-state index in [1.165, 1.54) is 0 Å². The molecule has 3 rings (SSSR count). The minimum absolute atomic E-state index is 0.0249. The molecule has 2 aromatic rings. The van der Waals surface area contributed by atoms with Crippen LogP contribution in [0.3, 0.4) is 0 Å². The van der Waals surface area contributed by atoms with Gasteiger partial charge in [-0.1, -0.05) is 11.6 Å². The van der Waals surface area contributed by atoms with Crippen molar-refractivity contribution in [1.82, 2.24) is 4.90 Å². The molecule has 0 saturated carbocycles. The molecule has 1 aliphatic rings. The highest BCUT2D eigenvalue weighted by atomic mass is 16.5. The number of rotatable bonds is 7. The first-order valence-corrected chi connectivity index (χ1v) is 10.5. The summed E-state index contributed by atoms with van der Waals surface area (Å²) in [5, 5.41) is 28.7. The predicted molar refractivity (Wildman–Crippen MR) is 126 cm³/mol. The van der Waals surface area contributed by atoms with Crippen molar-refractivity contribution in [2.75, 3.05) is 25.0 Å². The van der Waals surface area contributed by atoms with Gasteiger partial charge in [-0.15, -0.1) is 0 Å². The van der Waals surface area contributed by atoms with Crippen LogP contribution in [0.15, 0.2) is 48.0 Å². The van der Waals surface area contributed by atoms with E-state index in [4.69, 9.17) is 21.3 Å². The lowest BCUT2D eigenvalue weighted by molar-refractivity contribution is 0.130. The molecule has 0 aromatic heterocycles. The van der Waals surface area contributed by atoms with Crippen molar-refractivity contribution in [3.63, 3.8) is 0 Å². The van der Waals surface area contributed by atoms with Gasteiger partial charge in [0, 0.05) is 49.3 Å². The van der Waals surface area contributed by atoms with E-state index >= 15 is 0 Å². The Bertz CT molecular complexity index is 960. The van der Waals surface area contributed by atoms with Gasteiger partial charge >= 0.3 is 0 Å². The highest BCUT2D eigenvalue weighted by molar-refractivity contribution is 5.95. The Labute approximate surface area is 183 Å². The van der Waals surface area contributed by atoms with Crippen molar-refractivity contribution >= 4 is 23.4 Å². The van der Waals surface area contributed by atoms with Crippen molar-refractivity contribution in [2.24, 2.45) is 5.73 Å². The molecule has 7 nitrogen and oxygen atoms in total. The van der Waals surface area contributed by atoms with Gasteiger partial charge in [0.15, 0.2) is 0 Å². The van der Waals surface area contributed by atoms with Crippen LogP contribution in [-0.2, 0) is 0 Å². The number of aromatic hydroxyl groups is 1. The van der Waals surface area contributed by atoms with Crippen molar-refractivity contribution in [1.29, 1.82) is 10.8 Å². The Balaban J connectivity index is 1.52. The number of amidine groups is 2. The minimum atomic E-state index is -0.0249. The number of likely N-dealkylation sites (tertiary alicyclic amines) is 1. The third kappa shape index (κ3) is 6.25. The summed E-state index contributed by atoms with van der Waals surface area (Å²) in [5.41, 5.74) is 8.77. The van der Waals surface area contributed by atoms with Crippen LogP contribution < -0.4 is 15.8 Å². The van der Waals surface area contributed by atoms with Crippen LogP contribution in [0.1, 0.15) is 37.8 Å². The molecule has 0 unspecified atom stereocenters. The number of phenols is 1. The van der Waals surface area contributed by atoms with Crippen molar-refractivity contribution in [2.45, 2.75) is 32.8 Å². The molecule has 1 heterocycles. The fraction of sp³-hybridized carbons (Fsp3) is 0.333. The lowest BCUT2D eigenvalue weighted by Gasteiger charge is -2.32. The maximum Gasteiger partial charge on any atom is 0.122 e. The number of nitrogens with zero attached hydrogens (tertiary/aromatic N) is 1. The van der Waals surface area contributed by atoms with E-state index in [0.717, 1.165) is 42.9 Å². The van der Waals surface area contributed by atoms with E-state index < -0.39 is 0 Å². The summed E-state index contributed by atoms with van der Waals surface area (Å²) in [6.45, 7) is 6.17. The molecule has 0 spiro atoms. The van der Waals surface area contributed by atoms with Gasteiger partial charge in [-0.3, -0.25) is 10.8 Å². The third-order valence-electron chi connectivity index (χ3n) is 5.39. The van der Waals surface area contributed by atoms with Crippen LogP contribution in [0.2, 0.25) is 0 Å². The summed E-state index contributed by atoms with van der Waals surface area (Å²) >= 11 is 0. The van der Waals surface area contributed by atoms with Crippen LogP contribution in [-0.4, -0.2) is 47.4 Å². The zero-order valence-electron chi connectivity index (χ0n) is 18.1. The molecule has 0 bridgehead atoms. The first-order chi connectivity index (χ1) is 14.8. The van der Waals surface area contributed by atoms with Crippen LogP contribution in [0, 0.1) is 10.8 Å². The quantitative estimate of drug-likeness (QED) is 0.342. The number of nitrogen functional groups attached to an aromatic ring is 1. The number of nitrogens with one attached hydrogen (secondary N) is 3. The number of nitrogens with two attached hydrogens (primary N) is 1. The smallest absolute Gasteiger partial charge is 0.122 e. The third-order valence-corrected chi connectivity index (χ3v) is 5.39. The van der Waals surface area contributed by atoms with E-state index in [1.54, 1.807) is 18.2 Å². The number of anilines is 1. The first-order valence-electron chi connectivity index (χ1n) is 10.5. The van der Waals surface area contributed by atoms with Gasteiger partial charge in [0.2, 0.25) is 0 Å². The zero-order valence-corrected chi connectivity index (χ0v) is 18.1. The average Bonchev–Trinajstić information content (AvgIpc) is 2.75. The summed E-state index contributed by atoms with van der Waals surface area (Å²) in [6, 6.07) is 12.8. The summed E-state index contributed by atoms with van der Waals surface area (Å²) in [5.74, 6) is 1.62. The molecule has 1 aliphatic heterocycles. The lowest BCUT2D eigenvalue weighted by Crippen LogP contribution is -2.40. The highest BCUT2D eigenvalue weighted by Crippen LogP contribution is 2.23. The van der Waals surface area contributed by atoms with Gasteiger partial charge in [0.25, 0.3) is 0 Å². The number of piperidine rings is 1. The van der Waals surface area contributed by atoms with E-state index in [9.17, 15) is 5.11 Å². The lowest BCUT2D eigenvalue weighted by atomic mass is 10.1. The van der Waals surface area contributed by atoms with Crippen molar-refractivity contribution in [3.05, 3.63) is 59.2 Å². The monoisotopic (exact) mass is 421 g/mol. The van der Waals surface area contributed by atoms with Gasteiger partial charge < -0.3 is 25.8 Å². The molecular formula is C24H31N5O2. The Morgan fingerprint density at radius 1 is 1.16 bits per heavy atom. The maximum absolute atomic E-state index is 10.1. The van der Waals surface area contributed by atoms with E-state index in [1.807, 2.05) is 44.2 Å². The molecular weight excluding hydrogens is 390 g/mol.